The second kappa shape index (κ2) is 10.6. The second-order valence-corrected chi connectivity index (χ2v) is 5.95. The molecule has 1 N–H and O–H groups in total. The molecule has 120 valence electrons. The quantitative estimate of drug-likeness (QED) is 0.616. The minimum Gasteiger partial charge on any atom is -0.351 e. The molecule has 0 heterocycles. The van der Waals surface area contributed by atoms with Gasteiger partial charge in [0.1, 0.15) is 0 Å². The number of hydrogen-bond acceptors (Lipinski definition) is 3. The van der Waals surface area contributed by atoms with Crippen LogP contribution in [0.15, 0.2) is 0 Å². The third kappa shape index (κ3) is 5.71. The Bertz CT molecular complexity index is 221. The van der Waals surface area contributed by atoms with Gasteiger partial charge in [0.05, 0.1) is 6.04 Å². The standard InChI is InChI=1S/C17H35NO2/c1-5-13-18-16(17(19-7-3)20-8-4)15-11-9-14(6-2)10-12-15/h14-18H,5-13H2,1-4H3. The van der Waals surface area contributed by atoms with Crippen LogP contribution in [0.25, 0.3) is 0 Å². The van der Waals surface area contributed by atoms with Gasteiger partial charge in [0, 0.05) is 13.2 Å². The molecule has 1 rings (SSSR count). The van der Waals surface area contributed by atoms with E-state index in [1.165, 1.54) is 32.1 Å². The van der Waals surface area contributed by atoms with Crippen LogP contribution in [0.4, 0.5) is 0 Å². The van der Waals surface area contributed by atoms with E-state index in [1.54, 1.807) is 0 Å². The summed E-state index contributed by atoms with van der Waals surface area (Å²) < 4.78 is 11.7. The summed E-state index contributed by atoms with van der Waals surface area (Å²) in [5.74, 6) is 1.64. The van der Waals surface area contributed by atoms with Gasteiger partial charge in [-0.15, -0.1) is 0 Å². The van der Waals surface area contributed by atoms with E-state index in [2.05, 4.69) is 33.0 Å². The molecule has 0 aromatic carbocycles. The molecule has 1 atom stereocenters. The number of hydrogen-bond donors (Lipinski definition) is 1. The van der Waals surface area contributed by atoms with E-state index >= 15 is 0 Å². The highest BCUT2D eigenvalue weighted by atomic mass is 16.7. The van der Waals surface area contributed by atoms with Crippen LogP contribution in [0.1, 0.15) is 66.2 Å². The molecule has 0 amide bonds. The molecule has 0 radical (unpaired) electrons. The minimum absolute atomic E-state index is 0.0836. The van der Waals surface area contributed by atoms with Crippen molar-refractivity contribution in [3.63, 3.8) is 0 Å². The maximum Gasteiger partial charge on any atom is 0.172 e. The van der Waals surface area contributed by atoms with E-state index in [-0.39, 0.29) is 6.29 Å². The molecule has 0 spiro atoms. The molecule has 0 aliphatic heterocycles. The number of ether oxygens (including phenoxy) is 2. The Kier molecular flexibility index (Phi) is 9.49. The summed E-state index contributed by atoms with van der Waals surface area (Å²) in [5.41, 5.74) is 0. The molecule has 1 unspecified atom stereocenters. The summed E-state index contributed by atoms with van der Waals surface area (Å²) in [6, 6.07) is 0.354. The highest BCUT2D eigenvalue weighted by Crippen LogP contribution is 2.34. The maximum atomic E-state index is 5.86. The zero-order valence-corrected chi connectivity index (χ0v) is 14.0. The van der Waals surface area contributed by atoms with Crippen LogP contribution in [-0.4, -0.2) is 32.1 Å². The van der Waals surface area contributed by atoms with Gasteiger partial charge >= 0.3 is 0 Å². The number of rotatable bonds is 10. The van der Waals surface area contributed by atoms with Crippen LogP contribution >= 0.6 is 0 Å². The van der Waals surface area contributed by atoms with Crippen LogP contribution in [0.2, 0.25) is 0 Å². The van der Waals surface area contributed by atoms with E-state index < -0.39 is 0 Å². The number of nitrogens with one attached hydrogen (secondary N) is 1. The predicted molar refractivity (Wildman–Crippen MR) is 84.9 cm³/mol. The summed E-state index contributed by atoms with van der Waals surface area (Å²) in [5, 5.41) is 3.69. The lowest BCUT2D eigenvalue weighted by molar-refractivity contribution is -0.164. The van der Waals surface area contributed by atoms with Crippen LogP contribution in [0, 0.1) is 11.8 Å². The van der Waals surface area contributed by atoms with Crippen molar-refractivity contribution < 1.29 is 9.47 Å². The predicted octanol–water partition coefficient (Wildman–Crippen LogP) is 3.97. The largest absolute Gasteiger partial charge is 0.351 e. The lowest BCUT2D eigenvalue weighted by atomic mass is 9.77. The Morgan fingerprint density at radius 1 is 0.950 bits per heavy atom. The summed E-state index contributed by atoms with van der Waals surface area (Å²) in [7, 11) is 0. The van der Waals surface area contributed by atoms with Gasteiger partial charge in [-0.2, -0.15) is 0 Å². The van der Waals surface area contributed by atoms with Crippen molar-refractivity contribution >= 4 is 0 Å². The lowest BCUT2D eigenvalue weighted by Gasteiger charge is -2.37. The minimum atomic E-state index is -0.0836. The van der Waals surface area contributed by atoms with Crippen molar-refractivity contribution in [1.82, 2.24) is 5.32 Å². The van der Waals surface area contributed by atoms with Crippen LogP contribution < -0.4 is 5.32 Å². The van der Waals surface area contributed by atoms with Crippen molar-refractivity contribution in [3.05, 3.63) is 0 Å². The monoisotopic (exact) mass is 285 g/mol. The molecule has 3 heteroatoms. The third-order valence-electron chi connectivity index (χ3n) is 4.56. The van der Waals surface area contributed by atoms with Crippen LogP contribution in [0.3, 0.4) is 0 Å². The second-order valence-electron chi connectivity index (χ2n) is 5.95. The highest BCUT2D eigenvalue weighted by Gasteiger charge is 2.32. The molecule has 1 aliphatic carbocycles. The Balaban J connectivity index is 2.61. The van der Waals surface area contributed by atoms with Crippen molar-refractivity contribution in [2.45, 2.75) is 78.6 Å². The average Bonchev–Trinajstić information content (AvgIpc) is 2.48. The fourth-order valence-electron chi connectivity index (χ4n) is 3.34. The SMILES string of the molecule is CCCNC(C1CCC(CC)CC1)C(OCC)OCC. The molecule has 0 aromatic rings. The van der Waals surface area contributed by atoms with Gasteiger partial charge in [0.25, 0.3) is 0 Å². The van der Waals surface area contributed by atoms with Gasteiger partial charge in [0.15, 0.2) is 6.29 Å². The lowest BCUT2D eigenvalue weighted by Crippen LogP contribution is -2.49. The summed E-state index contributed by atoms with van der Waals surface area (Å²) in [6.07, 6.45) is 7.78. The summed E-state index contributed by atoms with van der Waals surface area (Å²) >= 11 is 0. The van der Waals surface area contributed by atoms with Gasteiger partial charge in [-0.25, -0.2) is 0 Å². The fraction of sp³-hybridized carbons (Fsp3) is 1.00. The molecule has 1 saturated carbocycles. The molecular weight excluding hydrogens is 250 g/mol. The molecule has 0 aromatic heterocycles. The molecule has 3 nitrogen and oxygen atoms in total. The Morgan fingerprint density at radius 3 is 2.00 bits per heavy atom. The van der Waals surface area contributed by atoms with Gasteiger partial charge < -0.3 is 14.8 Å². The van der Waals surface area contributed by atoms with E-state index in [9.17, 15) is 0 Å². The molecule has 1 fully saturated rings. The topological polar surface area (TPSA) is 30.5 Å². The van der Waals surface area contributed by atoms with E-state index in [0.29, 0.717) is 12.0 Å². The van der Waals surface area contributed by atoms with E-state index in [1.807, 2.05) is 0 Å². The van der Waals surface area contributed by atoms with E-state index in [4.69, 9.17) is 9.47 Å². The van der Waals surface area contributed by atoms with Gasteiger partial charge in [-0.1, -0.05) is 33.1 Å². The van der Waals surface area contributed by atoms with Gasteiger partial charge in [-0.05, 0) is 51.5 Å². The van der Waals surface area contributed by atoms with Crippen molar-refractivity contribution in [2.75, 3.05) is 19.8 Å². The fourth-order valence-corrected chi connectivity index (χ4v) is 3.34. The van der Waals surface area contributed by atoms with Crippen molar-refractivity contribution in [2.24, 2.45) is 11.8 Å². The zero-order valence-electron chi connectivity index (χ0n) is 14.0. The molecule has 0 bridgehead atoms. The average molecular weight is 285 g/mol. The summed E-state index contributed by atoms with van der Waals surface area (Å²) in [4.78, 5) is 0. The summed E-state index contributed by atoms with van der Waals surface area (Å²) in [6.45, 7) is 11.1. The van der Waals surface area contributed by atoms with Crippen LogP contribution in [0.5, 0.6) is 0 Å². The molecule has 1 aliphatic rings. The van der Waals surface area contributed by atoms with E-state index in [0.717, 1.165) is 32.1 Å². The highest BCUT2D eigenvalue weighted by molar-refractivity contribution is 4.84. The maximum absolute atomic E-state index is 5.86. The third-order valence-corrected chi connectivity index (χ3v) is 4.56. The van der Waals surface area contributed by atoms with Gasteiger partial charge in [-0.3, -0.25) is 0 Å². The molecule has 20 heavy (non-hydrogen) atoms. The first kappa shape index (κ1) is 17.9. The van der Waals surface area contributed by atoms with Gasteiger partial charge in [0.2, 0.25) is 0 Å². The Hall–Kier alpha value is -0.120. The van der Waals surface area contributed by atoms with Crippen molar-refractivity contribution in [1.29, 1.82) is 0 Å². The normalized spacial score (nSPS) is 25.1. The zero-order chi connectivity index (χ0) is 14.8. The Morgan fingerprint density at radius 2 is 1.55 bits per heavy atom. The van der Waals surface area contributed by atoms with Crippen molar-refractivity contribution in [3.8, 4) is 0 Å². The smallest absolute Gasteiger partial charge is 0.172 e. The van der Waals surface area contributed by atoms with Crippen LogP contribution in [-0.2, 0) is 9.47 Å². The Labute approximate surface area is 125 Å². The molecular formula is C17H35NO2. The molecule has 0 saturated heterocycles. The first-order chi connectivity index (χ1) is 9.76. The first-order valence-electron chi connectivity index (χ1n) is 8.73. The first-order valence-corrected chi connectivity index (χ1v) is 8.73.